The second kappa shape index (κ2) is 8.55. The second-order valence-corrected chi connectivity index (χ2v) is 12.6. The van der Waals surface area contributed by atoms with Gasteiger partial charge in [-0.05, 0) is 49.8 Å². The van der Waals surface area contributed by atoms with E-state index in [1.165, 1.54) is 18.4 Å². The summed E-state index contributed by atoms with van der Waals surface area (Å²) in [6, 6.07) is 7.33. The fourth-order valence-electron chi connectivity index (χ4n) is 6.12. The number of nitriles is 1. The lowest BCUT2D eigenvalue weighted by molar-refractivity contribution is -0.141. The molecule has 10 nitrogen and oxygen atoms in total. The lowest BCUT2D eigenvalue weighted by atomic mass is 10.1. The summed E-state index contributed by atoms with van der Waals surface area (Å²) in [5, 5.41) is 9.39. The lowest BCUT2D eigenvalue weighted by Gasteiger charge is -2.38. The predicted octanol–water partition coefficient (Wildman–Crippen LogP) is 0.123. The maximum Gasteiger partial charge on any atom is 0.242 e. The number of carbonyl (C=O) groups is 2. The zero-order valence-corrected chi connectivity index (χ0v) is 21.1. The Balaban J connectivity index is 1.25. The predicted molar refractivity (Wildman–Crippen MR) is 127 cm³/mol. The largest absolute Gasteiger partial charge is 0.330 e. The van der Waals surface area contributed by atoms with Gasteiger partial charge in [0.15, 0.2) is 0 Å². The lowest BCUT2D eigenvalue weighted by Crippen LogP contribution is -2.57. The fraction of sp³-hybridized carbons (Fsp3) is 0.625. The average Bonchev–Trinajstić information content (AvgIpc) is 3.15. The third-order valence-corrected chi connectivity index (χ3v) is 9.92. The van der Waals surface area contributed by atoms with Crippen LogP contribution in [0.3, 0.4) is 0 Å². The molecule has 5 rings (SSSR count). The van der Waals surface area contributed by atoms with Crippen molar-refractivity contribution in [2.45, 2.75) is 67.3 Å². The Labute approximate surface area is 206 Å². The van der Waals surface area contributed by atoms with Gasteiger partial charge in [-0.25, -0.2) is 12.7 Å². The van der Waals surface area contributed by atoms with Gasteiger partial charge in [0, 0.05) is 39.3 Å². The highest BCUT2D eigenvalue weighted by atomic mass is 32.2. The number of rotatable bonds is 7. The quantitative estimate of drug-likeness (QED) is 0.563. The Kier molecular flexibility index (Phi) is 5.91. The molecule has 2 amide bonds. The molecule has 0 radical (unpaired) electrons. The number of nitrogens with two attached hydrogens (primary N) is 1. The van der Waals surface area contributed by atoms with Crippen molar-refractivity contribution >= 4 is 21.8 Å². The molecule has 1 aliphatic carbocycles. The van der Waals surface area contributed by atoms with E-state index in [1.54, 1.807) is 23.1 Å². The van der Waals surface area contributed by atoms with Crippen LogP contribution in [0.25, 0.3) is 0 Å². The normalized spacial score (nSPS) is 31.5. The van der Waals surface area contributed by atoms with Gasteiger partial charge in [-0.15, -0.1) is 0 Å². The molecule has 0 aromatic heterocycles. The maximum atomic E-state index is 13.3. The van der Waals surface area contributed by atoms with Gasteiger partial charge < -0.3 is 15.5 Å². The summed E-state index contributed by atoms with van der Waals surface area (Å²) in [6.45, 7) is 2.82. The van der Waals surface area contributed by atoms with E-state index in [2.05, 4.69) is 6.07 Å². The van der Waals surface area contributed by atoms with E-state index >= 15 is 0 Å². The summed E-state index contributed by atoms with van der Waals surface area (Å²) < 4.78 is 26.3. The highest BCUT2D eigenvalue weighted by Crippen LogP contribution is 2.48. The molecule has 7 atom stereocenters. The zero-order valence-electron chi connectivity index (χ0n) is 20.2. The first-order valence-electron chi connectivity index (χ1n) is 12.1. The first-order chi connectivity index (χ1) is 16.5. The molecule has 1 unspecified atom stereocenters. The molecule has 3 saturated heterocycles. The number of piperidine rings is 1. The van der Waals surface area contributed by atoms with Gasteiger partial charge in [-0.2, -0.15) is 5.26 Å². The molecule has 4 aliphatic rings. The second-order valence-electron chi connectivity index (χ2n) is 10.4. The Morgan fingerprint density at radius 2 is 2.03 bits per heavy atom. The van der Waals surface area contributed by atoms with Crippen LogP contribution in [-0.4, -0.2) is 96.6 Å². The Morgan fingerprint density at radius 3 is 2.69 bits per heavy atom. The first-order valence-corrected chi connectivity index (χ1v) is 13.5. The number of nitrogens with zero attached hydrogens (tertiary/aromatic N) is 5. The summed E-state index contributed by atoms with van der Waals surface area (Å²) >= 11 is 0. The van der Waals surface area contributed by atoms with Crippen molar-refractivity contribution in [3.8, 4) is 6.07 Å². The highest BCUT2D eigenvalue weighted by molar-refractivity contribution is 7.89. The molecule has 4 fully saturated rings. The number of hydrogen-bond acceptors (Lipinski definition) is 7. The van der Waals surface area contributed by atoms with Gasteiger partial charge in [0.25, 0.3) is 0 Å². The molecule has 1 aromatic rings. The molecule has 188 valence electrons. The van der Waals surface area contributed by atoms with Crippen LogP contribution in [0.4, 0.5) is 0 Å². The number of amides is 2. The summed E-state index contributed by atoms with van der Waals surface area (Å²) in [6.07, 6.45) is 2.35. The zero-order chi connectivity index (χ0) is 25.2. The van der Waals surface area contributed by atoms with Gasteiger partial charge in [-0.3, -0.25) is 14.5 Å². The minimum absolute atomic E-state index is 0.0207. The Hall–Kier alpha value is -2.52. The molecule has 1 saturated carbocycles. The van der Waals surface area contributed by atoms with Crippen LogP contribution in [0.5, 0.6) is 0 Å². The van der Waals surface area contributed by atoms with Crippen molar-refractivity contribution in [1.82, 2.24) is 19.0 Å². The van der Waals surface area contributed by atoms with Crippen LogP contribution in [-0.2, 0) is 19.6 Å². The number of piperazine rings is 1. The van der Waals surface area contributed by atoms with Crippen molar-refractivity contribution < 1.29 is 18.0 Å². The van der Waals surface area contributed by atoms with E-state index in [-0.39, 0.29) is 47.4 Å². The molecule has 2 N–H and O–H groups in total. The Morgan fingerprint density at radius 1 is 1.29 bits per heavy atom. The molecular formula is C24H32N6O4S. The van der Waals surface area contributed by atoms with E-state index in [9.17, 15) is 23.3 Å². The summed E-state index contributed by atoms with van der Waals surface area (Å²) in [5.74, 6) is 0.218. The number of hydrogen-bond donors (Lipinski definition) is 1. The standard InChI is InChI=1S/C24H32N6O4S/c1-14(15-5-4-6-19(8-15)35(33,34)27(2)3)29-18-10-22(24(29)32)28(12-18)13-20(26)23(31)30-17(11-25)7-16-9-21(16)30/h4-6,8,14,16-18,20-22H,7,9-10,12-13,26H2,1-3H3/t14-,16+,17-,18+,20-,21?,22+/m0/s1. The smallest absolute Gasteiger partial charge is 0.242 e. The van der Waals surface area contributed by atoms with Crippen molar-refractivity contribution in [2.24, 2.45) is 11.7 Å². The van der Waals surface area contributed by atoms with Crippen LogP contribution in [0.1, 0.15) is 37.8 Å². The minimum Gasteiger partial charge on any atom is -0.330 e. The van der Waals surface area contributed by atoms with E-state index in [1.807, 2.05) is 22.8 Å². The topological polar surface area (TPSA) is 131 Å². The third kappa shape index (κ3) is 3.93. The number of fused-ring (bicyclic) bond motifs is 3. The maximum absolute atomic E-state index is 13.3. The highest BCUT2D eigenvalue weighted by Gasteiger charge is 2.56. The molecule has 3 aliphatic heterocycles. The van der Waals surface area contributed by atoms with Crippen LogP contribution in [0.15, 0.2) is 29.2 Å². The van der Waals surface area contributed by atoms with E-state index in [0.717, 1.165) is 18.4 Å². The van der Waals surface area contributed by atoms with Gasteiger partial charge in [-0.1, -0.05) is 12.1 Å². The summed E-state index contributed by atoms with van der Waals surface area (Å²) in [4.78, 5) is 32.1. The average molecular weight is 501 g/mol. The fourth-order valence-corrected chi connectivity index (χ4v) is 7.07. The Bertz CT molecular complexity index is 1200. The van der Waals surface area contributed by atoms with Crippen molar-refractivity contribution in [3.63, 3.8) is 0 Å². The SMILES string of the molecule is C[C@@H](c1cccc(S(=O)(=O)N(C)C)c1)N1C(=O)[C@H]2C[C@@H]1CN2C[C@H](N)C(=O)N1C2C[C@H]2C[C@H]1C#N. The summed E-state index contributed by atoms with van der Waals surface area (Å²) in [7, 11) is -0.590. The summed E-state index contributed by atoms with van der Waals surface area (Å²) in [5.41, 5.74) is 7.06. The van der Waals surface area contributed by atoms with Crippen LogP contribution >= 0.6 is 0 Å². The van der Waals surface area contributed by atoms with Gasteiger partial charge in [0.05, 0.1) is 29.1 Å². The number of likely N-dealkylation sites (tertiary alicyclic amines) is 3. The van der Waals surface area contributed by atoms with Gasteiger partial charge >= 0.3 is 0 Å². The van der Waals surface area contributed by atoms with Gasteiger partial charge in [0.2, 0.25) is 21.8 Å². The van der Waals surface area contributed by atoms with Crippen LogP contribution in [0.2, 0.25) is 0 Å². The number of carbonyl (C=O) groups excluding carboxylic acids is 2. The monoisotopic (exact) mass is 500 g/mol. The molecule has 35 heavy (non-hydrogen) atoms. The van der Waals surface area contributed by atoms with Crippen molar-refractivity contribution in [2.75, 3.05) is 27.2 Å². The number of benzene rings is 1. The molecule has 1 aromatic carbocycles. The molecule has 0 spiro atoms. The molecule has 11 heteroatoms. The van der Waals surface area contributed by atoms with Crippen molar-refractivity contribution in [3.05, 3.63) is 29.8 Å². The third-order valence-electron chi connectivity index (χ3n) is 8.11. The van der Waals surface area contributed by atoms with Crippen molar-refractivity contribution in [1.29, 1.82) is 5.26 Å². The number of sulfonamides is 1. The van der Waals surface area contributed by atoms with Gasteiger partial charge in [0.1, 0.15) is 6.04 Å². The molecule has 3 heterocycles. The first kappa shape index (κ1) is 24.2. The van der Waals surface area contributed by atoms with Crippen LogP contribution < -0.4 is 5.73 Å². The van der Waals surface area contributed by atoms with E-state index < -0.39 is 22.1 Å². The van der Waals surface area contributed by atoms with E-state index in [4.69, 9.17) is 5.73 Å². The minimum atomic E-state index is -3.57. The molecular weight excluding hydrogens is 468 g/mol. The van der Waals surface area contributed by atoms with Crippen LogP contribution in [0, 0.1) is 17.2 Å². The van der Waals surface area contributed by atoms with E-state index in [0.29, 0.717) is 18.9 Å². The molecule has 2 bridgehead atoms.